The van der Waals surface area contributed by atoms with Crippen molar-refractivity contribution >= 4 is 45.2 Å². The third kappa shape index (κ3) is 3.65. The van der Waals surface area contributed by atoms with E-state index in [0.29, 0.717) is 15.8 Å². The number of hydrogen-bond donors (Lipinski definition) is 1. The highest BCUT2D eigenvalue weighted by Gasteiger charge is 2.17. The minimum Gasteiger partial charge on any atom is -0.351 e. The standard InChI is InChI=1S/C13H15BrClNOS/c14-11-6-3-5-10(12(11)15)13(17)16-8-9-4-1-2-7-18-9/h3,5-6,9H,1-2,4,7-8H2,(H,16,17). The van der Waals surface area contributed by atoms with Gasteiger partial charge in [0.1, 0.15) is 0 Å². The monoisotopic (exact) mass is 347 g/mol. The second-order valence-electron chi connectivity index (χ2n) is 4.30. The van der Waals surface area contributed by atoms with Gasteiger partial charge in [0.2, 0.25) is 0 Å². The Kier molecular flexibility index (Phi) is 5.39. The van der Waals surface area contributed by atoms with Crippen molar-refractivity contribution in [3.8, 4) is 0 Å². The molecule has 1 amide bonds. The van der Waals surface area contributed by atoms with Gasteiger partial charge in [-0.3, -0.25) is 4.79 Å². The largest absolute Gasteiger partial charge is 0.351 e. The van der Waals surface area contributed by atoms with Crippen molar-refractivity contribution in [2.24, 2.45) is 0 Å². The van der Waals surface area contributed by atoms with Gasteiger partial charge in [0, 0.05) is 16.3 Å². The average Bonchev–Trinajstić information content (AvgIpc) is 2.40. The number of hydrogen-bond acceptors (Lipinski definition) is 2. The van der Waals surface area contributed by atoms with Gasteiger partial charge in [-0.05, 0) is 46.7 Å². The molecule has 0 aromatic heterocycles. The van der Waals surface area contributed by atoms with E-state index in [1.54, 1.807) is 6.07 Å². The fraction of sp³-hybridized carbons (Fsp3) is 0.462. The first kappa shape index (κ1) is 14.2. The first-order chi connectivity index (χ1) is 8.68. The first-order valence-electron chi connectivity index (χ1n) is 6.02. The maximum Gasteiger partial charge on any atom is 0.252 e. The molecule has 0 saturated carbocycles. The van der Waals surface area contributed by atoms with Crippen LogP contribution in [-0.4, -0.2) is 23.5 Å². The predicted octanol–water partition coefficient (Wildman–Crippen LogP) is 4.12. The molecule has 1 aliphatic rings. The number of benzene rings is 1. The Morgan fingerprint density at radius 3 is 3.06 bits per heavy atom. The van der Waals surface area contributed by atoms with E-state index in [9.17, 15) is 4.79 Å². The SMILES string of the molecule is O=C(NCC1CCCCS1)c1cccc(Br)c1Cl. The molecule has 2 nitrogen and oxygen atoms in total. The van der Waals surface area contributed by atoms with Gasteiger partial charge >= 0.3 is 0 Å². The summed E-state index contributed by atoms with van der Waals surface area (Å²) in [6, 6.07) is 5.40. The molecule has 1 saturated heterocycles. The molecular weight excluding hydrogens is 334 g/mol. The van der Waals surface area contributed by atoms with Gasteiger partial charge < -0.3 is 5.32 Å². The summed E-state index contributed by atoms with van der Waals surface area (Å²) in [5.41, 5.74) is 0.534. The Bertz CT molecular complexity index is 435. The predicted molar refractivity (Wildman–Crippen MR) is 81.6 cm³/mol. The van der Waals surface area contributed by atoms with E-state index in [1.165, 1.54) is 25.0 Å². The molecule has 1 fully saturated rings. The third-order valence-corrected chi connectivity index (χ3v) is 5.65. The van der Waals surface area contributed by atoms with Crippen LogP contribution in [0.1, 0.15) is 29.6 Å². The van der Waals surface area contributed by atoms with Gasteiger partial charge in [-0.15, -0.1) is 0 Å². The van der Waals surface area contributed by atoms with Gasteiger partial charge in [-0.2, -0.15) is 11.8 Å². The van der Waals surface area contributed by atoms with Crippen LogP contribution in [0.15, 0.2) is 22.7 Å². The molecule has 1 aromatic carbocycles. The summed E-state index contributed by atoms with van der Waals surface area (Å²) < 4.78 is 0.754. The van der Waals surface area contributed by atoms with Crippen molar-refractivity contribution < 1.29 is 4.79 Å². The Hall–Kier alpha value is -0.190. The average molecular weight is 349 g/mol. The number of thioether (sulfide) groups is 1. The Balaban J connectivity index is 1.93. The third-order valence-electron chi connectivity index (χ3n) is 2.96. The van der Waals surface area contributed by atoms with E-state index in [4.69, 9.17) is 11.6 Å². The molecule has 1 unspecified atom stereocenters. The number of nitrogens with one attached hydrogen (secondary N) is 1. The molecule has 18 heavy (non-hydrogen) atoms. The second kappa shape index (κ2) is 6.83. The van der Waals surface area contributed by atoms with Crippen molar-refractivity contribution in [3.63, 3.8) is 0 Å². The normalized spacial score (nSPS) is 19.6. The summed E-state index contributed by atoms with van der Waals surface area (Å²) >= 11 is 11.4. The fourth-order valence-electron chi connectivity index (χ4n) is 1.95. The zero-order valence-electron chi connectivity index (χ0n) is 9.92. The first-order valence-corrected chi connectivity index (χ1v) is 8.24. The lowest BCUT2D eigenvalue weighted by Crippen LogP contribution is -2.32. The highest BCUT2D eigenvalue weighted by atomic mass is 79.9. The highest BCUT2D eigenvalue weighted by molar-refractivity contribution is 9.10. The van der Waals surface area contributed by atoms with Crippen molar-refractivity contribution in [1.82, 2.24) is 5.32 Å². The van der Waals surface area contributed by atoms with Crippen LogP contribution in [0, 0.1) is 0 Å². The molecule has 1 aliphatic heterocycles. The maximum atomic E-state index is 12.0. The number of carbonyl (C=O) groups excluding carboxylic acids is 1. The lowest BCUT2D eigenvalue weighted by molar-refractivity contribution is 0.0953. The van der Waals surface area contributed by atoms with Gasteiger partial charge in [0.25, 0.3) is 5.91 Å². The Morgan fingerprint density at radius 1 is 1.50 bits per heavy atom. The summed E-state index contributed by atoms with van der Waals surface area (Å²) in [5, 5.41) is 4.00. The topological polar surface area (TPSA) is 29.1 Å². The summed E-state index contributed by atoms with van der Waals surface area (Å²) in [6.07, 6.45) is 3.76. The van der Waals surface area contributed by atoms with E-state index < -0.39 is 0 Å². The summed E-state index contributed by atoms with van der Waals surface area (Å²) in [4.78, 5) is 12.0. The lowest BCUT2D eigenvalue weighted by atomic mass is 10.1. The molecular formula is C13H15BrClNOS. The highest BCUT2D eigenvalue weighted by Crippen LogP contribution is 2.27. The molecule has 0 aliphatic carbocycles. The van der Waals surface area contributed by atoms with E-state index >= 15 is 0 Å². The van der Waals surface area contributed by atoms with Gasteiger partial charge in [-0.1, -0.05) is 24.1 Å². The molecule has 1 aromatic rings. The quantitative estimate of drug-likeness (QED) is 0.890. The number of halogens is 2. The van der Waals surface area contributed by atoms with Gasteiger partial charge in [0.15, 0.2) is 0 Å². The number of carbonyl (C=O) groups is 1. The fourth-order valence-corrected chi connectivity index (χ4v) is 3.77. The molecule has 5 heteroatoms. The van der Waals surface area contributed by atoms with Crippen LogP contribution in [0.2, 0.25) is 5.02 Å². The van der Waals surface area contributed by atoms with Crippen molar-refractivity contribution in [2.45, 2.75) is 24.5 Å². The van der Waals surface area contributed by atoms with Crippen molar-refractivity contribution in [3.05, 3.63) is 33.3 Å². The minimum atomic E-state index is -0.0903. The summed E-state index contributed by atoms with van der Waals surface area (Å²) in [5.74, 6) is 1.12. The van der Waals surface area contributed by atoms with Crippen LogP contribution in [0.3, 0.4) is 0 Å². The second-order valence-corrected chi connectivity index (χ2v) is 6.94. The number of amides is 1. The smallest absolute Gasteiger partial charge is 0.252 e. The van der Waals surface area contributed by atoms with Crippen LogP contribution in [0.5, 0.6) is 0 Å². The summed E-state index contributed by atoms with van der Waals surface area (Å²) in [6.45, 7) is 0.729. The Morgan fingerprint density at radius 2 is 2.33 bits per heavy atom. The molecule has 98 valence electrons. The zero-order chi connectivity index (χ0) is 13.0. The van der Waals surface area contributed by atoms with Gasteiger partial charge in [0.05, 0.1) is 10.6 Å². The summed E-state index contributed by atoms with van der Waals surface area (Å²) in [7, 11) is 0. The lowest BCUT2D eigenvalue weighted by Gasteiger charge is -2.21. The van der Waals surface area contributed by atoms with E-state index in [2.05, 4.69) is 21.2 Å². The minimum absolute atomic E-state index is 0.0903. The Labute approximate surface area is 125 Å². The molecule has 1 N–H and O–H groups in total. The van der Waals surface area contributed by atoms with Gasteiger partial charge in [-0.25, -0.2) is 0 Å². The molecule has 0 spiro atoms. The maximum absolute atomic E-state index is 12.0. The van der Waals surface area contributed by atoms with E-state index in [-0.39, 0.29) is 5.91 Å². The number of rotatable bonds is 3. The van der Waals surface area contributed by atoms with Crippen LogP contribution >= 0.6 is 39.3 Å². The molecule has 0 radical (unpaired) electrons. The van der Waals surface area contributed by atoms with Crippen LogP contribution in [0.4, 0.5) is 0 Å². The van der Waals surface area contributed by atoms with Crippen molar-refractivity contribution in [1.29, 1.82) is 0 Å². The molecule has 2 rings (SSSR count). The van der Waals surface area contributed by atoms with E-state index in [0.717, 1.165) is 11.0 Å². The van der Waals surface area contributed by atoms with Crippen LogP contribution < -0.4 is 5.32 Å². The van der Waals surface area contributed by atoms with Crippen molar-refractivity contribution in [2.75, 3.05) is 12.3 Å². The molecule has 1 atom stereocenters. The molecule has 0 bridgehead atoms. The zero-order valence-corrected chi connectivity index (χ0v) is 13.1. The van der Waals surface area contributed by atoms with E-state index in [1.807, 2.05) is 23.9 Å². The van der Waals surface area contributed by atoms with Crippen LogP contribution in [-0.2, 0) is 0 Å². The molecule has 1 heterocycles. The van der Waals surface area contributed by atoms with Crippen LogP contribution in [0.25, 0.3) is 0 Å².